The van der Waals surface area contributed by atoms with Crippen molar-refractivity contribution in [2.24, 2.45) is 0 Å². The Morgan fingerprint density at radius 2 is 2.27 bits per heavy atom. The van der Waals surface area contributed by atoms with Gasteiger partial charge in [0.1, 0.15) is 5.82 Å². The molecular formula is C9H7N3O2S. The fourth-order valence-corrected chi connectivity index (χ4v) is 1.75. The zero-order valence-corrected chi connectivity index (χ0v) is 8.36. The largest absolute Gasteiger partial charge is 0.477 e. The van der Waals surface area contributed by atoms with Crippen LogP contribution in [0.3, 0.4) is 0 Å². The van der Waals surface area contributed by atoms with Gasteiger partial charge in [0.25, 0.3) is 0 Å². The lowest BCUT2D eigenvalue weighted by Gasteiger charge is -2.00. The van der Waals surface area contributed by atoms with Crippen LogP contribution < -0.4 is 5.73 Å². The van der Waals surface area contributed by atoms with E-state index in [4.69, 9.17) is 10.8 Å². The summed E-state index contributed by atoms with van der Waals surface area (Å²) in [6.07, 6.45) is 0. The first-order chi connectivity index (χ1) is 7.16. The minimum absolute atomic E-state index is 0.0918. The number of hydrogen-bond acceptors (Lipinski definition) is 5. The van der Waals surface area contributed by atoms with Gasteiger partial charge in [-0.1, -0.05) is 6.07 Å². The third-order valence-electron chi connectivity index (χ3n) is 1.71. The van der Waals surface area contributed by atoms with Crippen molar-refractivity contribution < 1.29 is 9.90 Å². The van der Waals surface area contributed by atoms with Crippen molar-refractivity contribution in [3.05, 3.63) is 29.3 Å². The summed E-state index contributed by atoms with van der Waals surface area (Å²) in [4.78, 5) is 19.4. The van der Waals surface area contributed by atoms with Crippen molar-refractivity contribution in [3.8, 4) is 10.7 Å². The molecular weight excluding hydrogens is 214 g/mol. The molecule has 0 bridgehead atoms. The maximum absolute atomic E-state index is 10.7. The van der Waals surface area contributed by atoms with E-state index in [0.29, 0.717) is 5.82 Å². The fraction of sp³-hybridized carbons (Fsp3) is 0. The smallest absolute Gasteiger partial charge is 0.354 e. The number of nitrogens with two attached hydrogens (primary N) is 1. The quantitative estimate of drug-likeness (QED) is 0.801. The van der Waals surface area contributed by atoms with Gasteiger partial charge in [0.15, 0.2) is 11.5 Å². The average Bonchev–Trinajstić information content (AvgIpc) is 2.69. The van der Waals surface area contributed by atoms with Gasteiger partial charge in [-0.15, -0.1) is 11.3 Å². The third kappa shape index (κ3) is 1.94. The molecule has 0 spiro atoms. The number of nitrogen functional groups attached to an aromatic ring is 1. The van der Waals surface area contributed by atoms with E-state index >= 15 is 0 Å². The van der Waals surface area contributed by atoms with E-state index in [9.17, 15) is 4.79 Å². The Hall–Kier alpha value is -1.95. The van der Waals surface area contributed by atoms with Gasteiger partial charge < -0.3 is 10.8 Å². The summed E-state index contributed by atoms with van der Waals surface area (Å²) in [6.45, 7) is 0. The molecule has 0 atom stereocenters. The van der Waals surface area contributed by atoms with E-state index in [1.54, 1.807) is 0 Å². The Morgan fingerprint density at radius 1 is 1.47 bits per heavy atom. The molecule has 0 aliphatic rings. The topological polar surface area (TPSA) is 89.1 Å². The van der Waals surface area contributed by atoms with Crippen LogP contribution in [0.25, 0.3) is 10.7 Å². The second-order valence-corrected chi connectivity index (χ2v) is 3.73. The number of rotatable bonds is 2. The molecule has 0 unspecified atom stereocenters. The molecule has 3 N–H and O–H groups in total. The standard InChI is InChI=1S/C9H7N3O2S/c10-7-4-5(9(13)14)11-8(12-7)6-2-1-3-15-6/h1-4H,(H,13,14)(H2,10,11,12). The Morgan fingerprint density at radius 3 is 2.87 bits per heavy atom. The lowest BCUT2D eigenvalue weighted by Crippen LogP contribution is -2.05. The average molecular weight is 221 g/mol. The van der Waals surface area contributed by atoms with E-state index in [-0.39, 0.29) is 11.5 Å². The summed E-state index contributed by atoms with van der Waals surface area (Å²) in [6, 6.07) is 4.89. The van der Waals surface area contributed by atoms with Crippen LogP contribution in [-0.4, -0.2) is 21.0 Å². The van der Waals surface area contributed by atoms with Crippen LogP contribution in [0.1, 0.15) is 10.5 Å². The Balaban J connectivity index is 2.54. The number of carboxylic acid groups (broad SMARTS) is 1. The van der Waals surface area contributed by atoms with E-state index in [1.807, 2.05) is 17.5 Å². The van der Waals surface area contributed by atoms with Crippen molar-refractivity contribution in [3.63, 3.8) is 0 Å². The molecule has 2 rings (SSSR count). The number of aromatic carboxylic acids is 1. The zero-order chi connectivity index (χ0) is 10.8. The molecule has 0 saturated heterocycles. The first-order valence-electron chi connectivity index (χ1n) is 4.08. The maximum Gasteiger partial charge on any atom is 0.354 e. The van der Waals surface area contributed by atoms with Gasteiger partial charge in [0.05, 0.1) is 4.88 Å². The minimum atomic E-state index is -1.11. The van der Waals surface area contributed by atoms with Gasteiger partial charge >= 0.3 is 5.97 Å². The van der Waals surface area contributed by atoms with Gasteiger partial charge in [-0.2, -0.15) is 0 Å². The molecule has 2 heterocycles. The van der Waals surface area contributed by atoms with E-state index in [2.05, 4.69) is 9.97 Å². The van der Waals surface area contributed by atoms with Crippen LogP contribution in [0.5, 0.6) is 0 Å². The van der Waals surface area contributed by atoms with Gasteiger partial charge in [-0.25, -0.2) is 14.8 Å². The van der Waals surface area contributed by atoms with Gasteiger partial charge in [-0.3, -0.25) is 0 Å². The number of anilines is 1. The zero-order valence-electron chi connectivity index (χ0n) is 7.54. The Bertz CT molecular complexity index is 496. The summed E-state index contributed by atoms with van der Waals surface area (Å²) in [5.41, 5.74) is 5.40. The number of carbonyl (C=O) groups is 1. The maximum atomic E-state index is 10.7. The highest BCUT2D eigenvalue weighted by Gasteiger charge is 2.10. The molecule has 0 aliphatic carbocycles. The number of hydrogen-bond donors (Lipinski definition) is 2. The highest BCUT2D eigenvalue weighted by Crippen LogP contribution is 2.21. The predicted molar refractivity (Wildman–Crippen MR) is 56.7 cm³/mol. The van der Waals surface area contributed by atoms with Gasteiger partial charge in [0, 0.05) is 6.07 Å². The molecule has 0 amide bonds. The second kappa shape index (κ2) is 3.66. The normalized spacial score (nSPS) is 10.1. The molecule has 0 fully saturated rings. The molecule has 2 aromatic heterocycles. The Labute approximate surface area is 89.2 Å². The van der Waals surface area contributed by atoms with Crippen molar-refractivity contribution >= 4 is 23.1 Å². The summed E-state index contributed by atoms with van der Waals surface area (Å²) < 4.78 is 0. The first-order valence-corrected chi connectivity index (χ1v) is 4.96. The highest BCUT2D eigenvalue weighted by atomic mass is 32.1. The molecule has 6 heteroatoms. The summed E-state index contributed by atoms with van der Waals surface area (Å²) in [5, 5.41) is 10.7. The number of nitrogens with zero attached hydrogens (tertiary/aromatic N) is 2. The summed E-state index contributed by atoms with van der Waals surface area (Å²) in [5.74, 6) is -0.602. The van der Waals surface area contributed by atoms with E-state index < -0.39 is 5.97 Å². The SMILES string of the molecule is Nc1cc(C(=O)O)nc(-c2cccs2)n1. The fourth-order valence-electron chi connectivity index (χ4n) is 1.09. The second-order valence-electron chi connectivity index (χ2n) is 2.78. The summed E-state index contributed by atoms with van der Waals surface area (Å²) in [7, 11) is 0. The van der Waals surface area contributed by atoms with Crippen molar-refractivity contribution in [2.75, 3.05) is 5.73 Å². The lowest BCUT2D eigenvalue weighted by atomic mass is 10.3. The van der Waals surface area contributed by atoms with Crippen LogP contribution >= 0.6 is 11.3 Å². The van der Waals surface area contributed by atoms with Crippen LogP contribution in [0, 0.1) is 0 Å². The molecule has 5 nitrogen and oxygen atoms in total. The van der Waals surface area contributed by atoms with E-state index in [0.717, 1.165) is 4.88 Å². The predicted octanol–water partition coefficient (Wildman–Crippen LogP) is 1.49. The van der Waals surface area contributed by atoms with Crippen LogP contribution in [0.4, 0.5) is 5.82 Å². The number of thiophene rings is 1. The van der Waals surface area contributed by atoms with Crippen LogP contribution in [0.15, 0.2) is 23.6 Å². The van der Waals surface area contributed by atoms with Crippen molar-refractivity contribution in [1.82, 2.24) is 9.97 Å². The third-order valence-corrected chi connectivity index (χ3v) is 2.57. The number of aromatic nitrogens is 2. The van der Waals surface area contributed by atoms with Gasteiger partial charge in [0.2, 0.25) is 0 Å². The number of carboxylic acids is 1. The summed E-state index contributed by atoms with van der Waals surface area (Å²) >= 11 is 1.43. The molecule has 0 aromatic carbocycles. The Kier molecular flexibility index (Phi) is 2.34. The van der Waals surface area contributed by atoms with Gasteiger partial charge in [-0.05, 0) is 11.4 Å². The monoisotopic (exact) mass is 221 g/mol. The van der Waals surface area contributed by atoms with E-state index in [1.165, 1.54) is 17.4 Å². The van der Waals surface area contributed by atoms with Crippen LogP contribution in [-0.2, 0) is 0 Å². The first kappa shape index (κ1) is 9.60. The van der Waals surface area contributed by atoms with Crippen LogP contribution in [0.2, 0.25) is 0 Å². The molecule has 2 aromatic rings. The lowest BCUT2D eigenvalue weighted by molar-refractivity contribution is 0.0690. The molecule has 0 saturated carbocycles. The molecule has 0 radical (unpaired) electrons. The molecule has 15 heavy (non-hydrogen) atoms. The molecule has 0 aliphatic heterocycles. The minimum Gasteiger partial charge on any atom is -0.477 e. The molecule has 76 valence electrons. The van der Waals surface area contributed by atoms with Crippen molar-refractivity contribution in [2.45, 2.75) is 0 Å². The highest BCUT2D eigenvalue weighted by molar-refractivity contribution is 7.13. The van der Waals surface area contributed by atoms with Crippen molar-refractivity contribution in [1.29, 1.82) is 0 Å².